The number of hydrogen-bond acceptors (Lipinski definition) is 7. The van der Waals surface area contributed by atoms with Crippen LogP contribution in [0.25, 0.3) is 22.1 Å². The topological polar surface area (TPSA) is 120 Å². The molecule has 5 heterocycles. The van der Waals surface area contributed by atoms with E-state index in [0.717, 1.165) is 11.1 Å². The third-order valence-corrected chi connectivity index (χ3v) is 7.49. The van der Waals surface area contributed by atoms with E-state index in [4.69, 9.17) is 4.74 Å². The number of fused-ring (bicyclic) bond motifs is 1. The van der Waals surface area contributed by atoms with Crippen molar-refractivity contribution in [2.45, 2.75) is 19.6 Å². The van der Waals surface area contributed by atoms with E-state index in [1.54, 1.807) is 45.5 Å². The quantitative estimate of drug-likeness (QED) is 0.304. The lowest BCUT2D eigenvalue weighted by atomic mass is 9.97. The summed E-state index contributed by atoms with van der Waals surface area (Å²) in [5.41, 5.74) is 3.92. The van der Waals surface area contributed by atoms with Crippen LogP contribution in [0.2, 0.25) is 0 Å². The van der Waals surface area contributed by atoms with Gasteiger partial charge in [0.2, 0.25) is 0 Å². The molecule has 6 aromatic rings. The highest BCUT2D eigenvalue weighted by molar-refractivity contribution is 6.05. The Labute approximate surface area is 245 Å². The van der Waals surface area contributed by atoms with Gasteiger partial charge in [-0.2, -0.15) is 5.10 Å². The molecular weight excluding hydrogens is 544 g/mol. The molecule has 7 rings (SSSR count). The van der Waals surface area contributed by atoms with Gasteiger partial charge in [-0.1, -0.05) is 30.0 Å². The summed E-state index contributed by atoms with van der Waals surface area (Å²) in [6, 6.07) is 14.2. The van der Waals surface area contributed by atoms with Gasteiger partial charge in [0, 0.05) is 54.9 Å². The minimum Gasteiger partial charge on any atom is -0.488 e. The number of carbonyl (C=O) groups excluding carboxylic acids is 1. The van der Waals surface area contributed by atoms with Crippen molar-refractivity contribution >= 4 is 28.1 Å². The monoisotopic (exact) mass is 570 g/mol. The largest absolute Gasteiger partial charge is 0.488 e. The van der Waals surface area contributed by atoms with Gasteiger partial charge < -0.3 is 15.4 Å². The maximum atomic E-state index is 14.5. The predicted octanol–water partition coefficient (Wildman–Crippen LogP) is 3.59. The van der Waals surface area contributed by atoms with Gasteiger partial charge in [-0.3, -0.25) is 18.8 Å². The van der Waals surface area contributed by atoms with Crippen LogP contribution in [-0.2, 0) is 13.7 Å². The number of rotatable bonds is 5. The van der Waals surface area contributed by atoms with E-state index in [-0.39, 0.29) is 18.1 Å². The molecule has 0 aliphatic carbocycles. The van der Waals surface area contributed by atoms with Crippen LogP contribution in [0.5, 0.6) is 5.75 Å². The van der Waals surface area contributed by atoms with Crippen LogP contribution in [0.4, 0.5) is 5.82 Å². The molecule has 0 bridgehead atoms. The van der Waals surface area contributed by atoms with E-state index in [1.807, 2.05) is 62.6 Å². The Morgan fingerprint density at radius 1 is 1.09 bits per heavy atom. The number of aromatic nitrogens is 6. The molecule has 0 fully saturated rings. The molecule has 0 saturated carbocycles. The summed E-state index contributed by atoms with van der Waals surface area (Å²) < 4.78 is 11.0. The van der Waals surface area contributed by atoms with Crippen molar-refractivity contribution in [3.63, 3.8) is 0 Å². The van der Waals surface area contributed by atoms with Gasteiger partial charge in [0.05, 0.1) is 28.9 Å². The zero-order chi connectivity index (χ0) is 29.7. The fourth-order valence-corrected chi connectivity index (χ4v) is 5.63. The third kappa shape index (κ3) is 4.28. The zero-order valence-corrected chi connectivity index (χ0v) is 23.6. The lowest BCUT2D eigenvalue weighted by molar-refractivity contribution is 0.0940. The average molecular weight is 571 g/mol. The number of para-hydroxylation sites is 1. The van der Waals surface area contributed by atoms with Crippen molar-refractivity contribution < 1.29 is 9.53 Å². The predicted molar refractivity (Wildman–Crippen MR) is 161 cm³/mol. The number of nitrogens with one attached hydrogen (secondary N) is 2. The number of anilines is 1. The van der Waals surface area contributed by atoms with E-state index in [0.29, 0.717) is 50.5 Å². The highest BCUT2D eigenvalue weighted by Crippen LogP contribution is 2.39. The van der Waals surface area contributed by atoms with Crippen LogP contribution in [0.3, 0.4) is 0 Å². The van der Waals surface area contributed by atoms with Crippen molar-refractivity contribution in [1.29, 1.82) is 0 Å². The standard InChI is InChI=1S/C32H26N8O3/c1-19(36-31(41)27-29(33-2)37-39-15-7-14-34-30(27)39)28-23-18-43-24-13-12-21(11-10-20-16-35-38(3)17-20)25(26(23)24)32(42)40(28)22-8-5-4-6-9-22/h4-9,12-17,19H,18H2,1-3H3,(H,33,37)(H,36,41)/t19-/m1/s1. The second kappa shape index (κ2) is 10.2. The Hall–Kier alpha value is -5.89. The molecule has 0 unspecified atom stereocenters. The molecule has 11 nitrogen and oxygen atoms in total. The summed E-state index contributed by atoms with van der Waals surface area (Å²) in [5.74, 6) is 6.94. The molecule has 0 spiro atoms. The second-order valence-electron chi connectivity index (χ2n) is 10.2. The molecule has 43 heavy (non-hydrogen) atoms. The van der Waals surface area contributed by atoms with Gasteiger partial charge >= 0.3 is 0 Å². The second-order valence-corrected chi connectivity index (χ2v) is 10.2. The summed E-state index contributed by atoms with van der Waals surface area (Å²) in [6.45, 7) is 2.10. The molecule has 1 aliphatic heterocycles. The Kier molecular flexibility index (Phi) is 6.17. The maximum Gasteiger partial charge on any atom is 0.264 e. The summed E-state index contributed by atoms with van der Waals surface area (Å²) >= 11 is 0. The summed E-state index contributed by atoms with van der Waals surface area (Å²) in [4.78, 5) is 32.6. The van der Waals surface area contributed by atoms with Crippen LogP contribution in [0, 0.1) is 11.8 Å². The van der Waals surface area contributed by atoms with Crippen LogP contribution in [0.1, 0.15) is 45.7 Å². The first-order valence-corrected chi connectivity index (χ1v) is 13.7. The van der Waals surface area contributed by atoms with Gasteiger partial charge in [0.25, 0.3) is 11.5 Å². The number of carbonyl (C=O) groups is 1. The minimum atomic E-state index is -0.595. The molecule has 2 N–H and O–H groups in total. The highest BCUT2D eigenvalue weighted by Gasteiger charge is 2.31. The van der Waals surface area contributed by atoms with Crippen molar-refractivity contribution in [1.82, 2.24) is 34.3 Å². The number of pyridine rings is 1. The van der Waals surface area contributed by atoms with Crippen LogP contribution >= 0.6 is 0 Å². The number of nitrogens with zero attached hydrogens (tertiary/aromatic N) is 6. The Balaban J connectivity index is 1.41. The molecule has 1 aliphatic rings. The third-order valence-electron chi connectivity index (χ3n) is 7.49. The normalized spacial score (nSPS) is 12.5. The minimum absolute atomic E-state index is 0.244. The first-order chi connectivity index (χ1) is 20.9. The van der Waals surface area contributed by atoms with Crippen molar-refractivity contribution in [2.75, 3.05) is 12.4 Å². The number of ether oxygens (including phenoxy) is 1. The Morgan fingerprint density at radius 3 is 2.70 bits per heavy atom. The number of benzene rings is 2. The van der Waals surface area contributed by atoms with Crippen LogP contribution in [-0.4, -0.2) is 41.9 Å². The molecule has 2 aromatic carbocycles. The van der Waals surface area contributed by atoms with E-state index in [2.05, 4.69) is 37.7 Å². The van der Waals surface area contributed by atoms with Crippen LogP contribution < -0.4 is 20.9 Å². The number of hydrogen-bond donors (Lipinski definition) is 2. The molecular formula is C32H26N8O3. The molecule has 4 aromatic heterocycles. The van der Waals surface area contributed by atoms with E-state index >= 15 is 0 Å². The maximum absolute atomic E-state index is 14.5. The van der Waals surface area contributed by atoms with Crippen molar-refractivity contribution in [3.8, 4) is 23.3 Å². The van der Waals surface area contributed by atoms with E-state index in [1.165, 1.54) is 0 Å². The van der Waals surface area contributed by atoms with Crippen molar-refractivity contribution in [2.24, 2.45) is 7.05 Å². The van der Waals surface area contributed by atoms with Gasteiger partial charge in [-0.15, -0.1) is 5.10 Å². The van der Waals surface area contributed by atoms with Crippen LogP contribution in [0.15, 0.2) is 78.1 Å². The average Bonchev–Trinajstić information content (AvgIpc) is 3.74. The fourth-order valence-electron chi connectivity index (χ4n) is 5.63. The Morgan fingerprint density at radius 2 is 1.93 bits per heavy atom. The fraction of sp³-hybridized carbons (Fsp3) is 0.156. The number of aryl methyl sites for hydroxylation is 1. The van der Waals surface area contributed by atoms with Crippen molar-refractivity contribution in [3.05, 3.63) is 112 Å². The first-order valence-electron chi connectivity index (χ1n) is 13.7. The Bertz CT molecular complexity index is 2180. The van der Waals surface area contributed by atoms with E-state index in [9.17, 15) is 9.59 Å². The highest BCUT2D eigenvalue weighted by atomic mass is 16.5. The SMILES string of the molecule is CNc1nn2cccnc2c1C(=O)N[C@H](C)c1c2c3c(ccc(C#Cc4cnn(C)c4)c3c(=O)n1-c1ccccc1)OC2. The smallest absolute Gasteiger partial charge is 0.264 e. The lowest BCUT2D eigenvalue weighted by Crippen LogP contribution is -2.33. The van der Waals surface area contributed by atoms with E-state index < -0.39 is 6.04 Å². The lowest BCUT2D eigenvalue weighted by Gasteiger charge is -2.23. The number of amides is 1. The molecule has 1 atom stereocenters. The zero-order valence-electron chi connectivity index (χ0n) is 23.6. The summed E-state index contributed by atoms with van der Waals surface area (Å²) in [5, 5.41) is 15.9. The molecule has 1 amide bonds. The summed E-state index contributed by atoms with van der Waals surface area (Å²) in [7, 11) is 3.53. The van der Waals surface area contributed by atoms with Gasteiger partial charge in [-0.05, 0) is 37.3 Å². The molecule has 0 saturated heterocycles. The molecule has 0 radical (unpaired) electrons. The molecule has 212 valence electrons. The van der Waals surface area contributed by atoms with Gasteiger partial charge in [0.15, 0.2) is 11.5 Å². The summed E-state index contributed by atoms with van der Waals surface area (Å²) in [6.07, 6.45) is 6.84. The van der Waals surface area contributed by atoms with Gasteiger partial charge in [-0.25, -0.2) is 9.50 Å². The first kappa shape index (κ1) is 26.0. The molecule has 11 heteroatoms. The van der Waals surface area contributed by atoms with Gasteiger partial charge in [0.1, 0.15) is 17.9 Å².